The summed E-state index contributed by atoms with van der Waals surface area (Å²) in [5.74, 6) is 1.46. The largest absolute Gasteiger partial charge is 0.508 e. The van der Waals surface area contributed by atoms with Crippen LogP contribution in [0.3, 0.4) is 0 Å². The average molecular weight is 259 g/mol. The third-order valence-electron chi connectivity index (χ3n) is 2.45. The molecule has 0 saturated heterocycles. The summed E-state index contributed by atoms with van der Waals surface area (Å²) in [6.45, 7) is 4.37. The molecule has 100 valence electrons. The first kappa shape index (κ1) is 13.1. The van der Waals surface area contributed by atoms with Crippen LogP contribution in [-0.2, 0) is 6.54 Å². The van der Waals surface area contributed by atoms with Gasteiger partial charge in [-0.3, -0.25) is 0 Å². The summed E-state index contributed by atoms with van der Waals surface area (Å²) < 4.78 is 5.49. The van der Waals surface area contributed by atoms with Gasteiger partial charge in [0.2, 0.25) is 5.88 Å². The van der Waals surface area contributed by atoms with E-state index in [-0.39, 0.29) is 11.9 Å². The minimum atomic E-state index is 0.0703. The van der Waals surface area contributed by atoms with E-state index in [0.717, 1.165) is 5.56 Å². The fraction of sp³-hybridized carbons (Fsp3) is 0.286. The Morgan fingerprint density at radius 3 is 2.79 bits per heavy atom. The van der Waals surface area contributed by atoms with Gasteiger partial charge in [-0.2, -0.15) is 0 Å². The molecule has 0 fully saturated rings. The maximum Gasteiger partial charge on any atom is 0.218 e. The zero-order valence-electron chi connectivity index (χ0n) is 11.0. The van der Waals surface area contributed by atoms with E-state index in [2.05, 4.69) is 15.3 Å². The van der Waals surface area contributed by atoms with E-state index in [4.69, 9.17) is 4.74 Å². The highest BCUT2D eigenvalue weighted by Crippen LogP contribution is 2.18. The molecule has 1 aromatic heterocycles. The summed E-state index contributed by atoms with van der Waals surface area (Å²) in [6.07, 6.45) is 1.52. The standard InChI is InChI=1S/C14H17N3O2/c1-10(2)19-14-7-13(16-9-17-14)15-8-11-5-3-4-6-12(11)18/h3-7,9-10,18H,8H2,1-2H3,(H,15,16,17). The van der Waals surface area contributed by atoms with E-state index < -0.39 is 0 Å². The molecule has 0 spiro atoms. The highest BCUT2D eigenvalue weighted by Gasteiger charge is 2.03. The van der Waals surface area contributed by atoms with Crippen molar-refractivity contribution in [3.63, 3.8) is 0 Å². The van der Waals surface area contributed by atoms with E-state index in [1.165, 1.54) is 6.33 Å². The number of aromatic hydroxyl groups is 1. The molecule has 0 aliphatic carbocycles. The van der Waals surface area contributed by atoms with Gasteiger partial charge in [0.15, 0.2) is 0 Å². The van der Waals surface area contributed by atoms with Crippen molar-refractivity contribution in [3.8, 4) is 11.6 Å². The van der Waals surface area contributed by atoms with Crippen molar-refractivity contribution < 1.29 is 9.84 Å². The summed E-state index contributed by atoms with van der Waals surface area (Å²) in [7, 11) is 0. The summed E-state index contributed by atoms with van der Waals surface area (Å²) in [5, 5.41) is 12.8. The van der Waals surface area contributed by atoms with Crippen molar-refractivity contribution in [1.29, 1.82) is 0 Å². The first-order chi connectivity index (χ1) is 9.15. The van der Waals surface area contributed by atoms with Gasteiger partial charge in [-0.1, -0.05) is 18.2 Å². The minimum absolute atomic E-state index is 0.0703. The summed E-state index contributed by atoms with van der Waals surface area (Å²) in [5.41, 5.74) is 0.812. The second kappa shape index (κ2) is 6.04. The molecule has 0 radical (unpaired) electrons. The lowest BCUT2D eigenvalue weighted by Crippen LogP contribution is -2.08. The molecule has 0 aliphatic heterocycles. The normalized spacial score (nSPS) is 10.5. The molecule has 0 unspecified atom stereocenters. The van der Waals surface area contributed by atoms with Crippen LogP contribution in [-0.4, -0.2) is 21.2 Å². The Bertz CT molecular complexity index is 544. The highest BCUT2D eigenvalue weighted by atomic mass is 16.5. The second-order valence-electron chi connectivity index (χ2n) is 4.39. The Morgan fingerprint density at radius 2 is 2.05 bits per heavy atom. The van der Waals surface area contributed by atoms with Gasteiger partial charge in [0.05, 0.1) is 6.10 Å². The zero-order valence-corrected chi connectivity index (χ0v) is 11.0. The molecular formula is C14H17N3O2. The Kier molecular flexibility index (Phi) is 4.18. The molecule has 2 N–H and O–H groups in total. The highest BCUT2D eigenvalue weighted by molar-refractivity contribution is 5.40. The fourth-order valence-corrected chi connectivity index (χ4v) is 1.59. The fourth-order valence-electron chi connectivity index (χ4n) is 1.59. The van der Waals surface area contributed by atoms with Crippen LogP contribution in [0.4, 0.5) is 5.82 Å². The predicted octanol–water partition coefficient (Wildman–Crippen LogP) is 2.58. The van der Waals surface area contributed by atoms with Gasteiger partial charge in [0.1, 0.15) is 17.9 Å². The van der Waals surface area contributed by atoms with Crippen molar-refractivity contribution in [1.82, 2.24) is 9.97 Å². The quantitative estimate of drug-likeness (QED) is 0.863. The Hall–Kier alpha value is -2.30. The number of phenols is 1. The Labute approximate surface area is 112 Å². The number of ether oxygens (including phenoxy) is 1. The number of nitrogens with one attached hydrogen (secondary N) is 1. The first-order valence-electron chi connectivity index (χ1n) is 6.14. The molecule has 0 aliphatic rings. The lowest BCUT2D eigenvalue weighted by molar-refractivity contribution is 0.232. The molecule has 2 aromatic rings. The lowest BCUT2D eigenvalue weighted by Gasteiger charge is -2.10. The van der Waals surface area contributed by atoms with Crippen molar-refractivity contribution >= 4 is 5.82 Å². The van der Waals surface area contributed by atoms with E-state index in [1.54, 1.807) is 18.2 Å². The van der Waals surface area contributed by atoms with Crippen LogP contribution in [0.15, 0.2) is 36.7 Å². The Morgan fingerprint density at radius 1 is 1.26 bits per heavy atom. The number of hydrogen-bond acceptors (Lipinski definition) is 5. The number of anilines is 1. The van der Waals surface area contributed by atoms with Gasteiger partial charge >= 0.3 is 0 Å². The molecule has 1 aromatic carbocycles. The molecule has 1 heterocycles. The van der Waals surface area contributed by atoms with Crippen LogP contribution in [0.5, 0.6) is 11.6 Å². The summed E-state index contributed by atoms with van der Waals surface area (Å²) >= 11 is 0. The maximum absolute atomic E-state index is 9.66. The average Bonchev–Trinajstić information content (AvgIpc) is 2.37. The first-order valence-corrected chi connectivity index (χ1v) is 6.14. The SMILES string of the molecule is CC(C)Oc1cc(NCc2ccccc2O)ncn1. The third-order valence-corrected chi connectivity index (χ3v) is 2.45. The second-order valence-corrected chi connectivity index (χ2v) is 4.39. The van der Waals surface area contributed by atoms with Gasteiger partial charge in [0, 0.05) is 18.2 Å². The van der Waals surface area contributed by atoms with E-state index >= 15 is 0 Å². The molecule has 19 heavy (non-hydrogen) atoms. The number of hydrogen-bond donors (Lipinski definition) is 2. The number of aromatic nitrogens is 2. The Balaban J connectivity index is 2.02. The van der Waals surface area contributed by atoms with Crippen molar-refractivity contribution in [3.05, 3.63) is 42.2 Å². The summed E-state index contributed by atoms with van der Waals surface area (Å²) in [4.78, 5) is 8.14. The smallest absolute Gasteiger partial charge is 0.218 e. The van der Waals surface area contributed by atoms with E-state index in [0.29, 0.717) is 18.2 Å². The van der Waals surface area contributed by atoms with Gasteiger partial charge in [-0.15, -0.1) is 0 Å². The maximum atomic E-state index is 9.66. The molecule has 5 heteroatoms. The van der Waals surface area contributed by atoms with Gasteiger partial charge in [0.25, 0.3) is 0 Å². The molecule has 0 saturated carbocycles. The number of para-hydroxylation sites is 1. The molecular weight excluding hydrogens is 242 g/mol. The third kappa shape index (κ3) is 3.84. The minimum Gasteiger partial charge on any atom is -0.508 e. The van der Waals surface area contributed by atoms with Crippen LogP contribution in [0, 0.1) is 0 Å². The molecule has 0 atom stereocenters. The van der Waals surface area contributed by atoms with Gasteiger partial charge < -0.3 is 15.2 Å². The van der Waals surface area contributed by atoms with Crippen molar-refractivity contribution in [2.24, 2.45) is 0 Å². The van der Waals surface area contributed by atoms with Crippen LogP contribution >= 0.6 is 0 Å². The van der Waals surface area contributed by atoms with Crippen LogP contribution in [0.25, 0.3) is 0 Å². The molecule has 0 amide bonds. The molecule has 2 rings (SSSR count). The molecule has 0 bridgehead atoms. The topological polar surface area (TPSA) is 67.3 Å². The number of nitrogens with zero attached hydrogens (tertiary/aromatic N) is 2. The number of phenolic OH excluding ortho intramolecular Hbond substituents is 1. The van der Waals surface area contributed by atoms with E-state index in [1.807, 2.05) is 26.0 Å². The number of rotatable bonds is 5. The lowest BCUT2D eigenvalue weighted by atomic mass is 10.2. The van der Waals surface area contributed by atoms with Crippen LogP contribution in [0.2, 0.25) is 0 Å². The summed E-state index contributed by atoms with van der Waals surface area (Å²) in [6, 6.07) is 8.92. The van der Waals surface area contributed by atoms with Crippen LogP contribution in [0.1, 0.15) is 19.4 Å². The van der Waals surface area contributed by atoms with Crippen LogP contribution < -0.4 is 10.1 Å². The van der Waals surface area contributed by atoms with Crippen molar-refractivity contribution in [2.45, 2.75) is 26.5 Å². The predicted molar refractivity (Wildman–Crippen MR) is 73.2 cm³/mol. The van der Waals surface area contributed by atoms with E-state index in [9.17, 15) is 5.11 Å². The van der Waals surface area contributed by atoms with Gasteiger partial charge in [-0.05, 0) is 19.9 Å². The van der Waals surface area contributed by atoms with Gasteiger partial charge in [-0.25, -0.2) is 9.97 Å². The van der Waals surface area contributed by atoms with Crippen molar-refractivity contribution in [2.75, 3.05) is 5.32 Å². The monoisotopic (exact) mass is 259 g/mol. The number of benzene rings is 1. The zero-order chi connectivity index (χ0) is 13.7. The molecule has 5 nitrogen and oxygen atoms in total.